The molecule has 0 bridgehead atoms. The number of nitrogens with one attached hydrogen (secondary N) is 1. The first-order valence-corrected chi connectivity index (χ1v) is 9.55. The standard InChI is InChI=1S/C21H23F3N2O/c1-13-20(27)11-16-15-4-2-3-5-17(15)25-18(16)10-14(20)6-9-26(13)12-19(7-8-19)21(22,23)24/h2-6,9,13-14,25,27H,7-8,10-12H2,1H3/t13-,14?,20-/m1/s1. The number of alkyl halides is 3. The van der Waals surface area contributed by atoms with Gasteiger partial charge in [-0.1, -0.05) is 24.3 Å². The molecular formula is C21H23F3N2O. The molecule has 5 rings (SSSR count). The van der Waals surface area contributed by atoms with Crippen molar-refractivity contribution in [3.8, 4) is 0 Å². The van der Waals surface area contributed by atoms with Gasteiger partial charge in [-0.15, -0.1) is 0 Å². The average molecular weight is 376 g/mol. The van der Waals surface area contributed by atoms with Crippen molar-refractivity contribution in [3.05, 3.63) is 47.8 Å². The Labute approximate surface area is 155 Å². The van der Waals surface area contributed by atoms with Crippen LogP contribution in [-0.4, -0.2) is 39.4 Å². The van der Waals surface area contributed by atoms with Crippen LogP contribution in [0.25, 0.3) is 10.9 Å². The van der Waals surface area contributed by atoms with Gasteiger partial charge in [0.1, 0.15) is 0 Å². The second-order valence-electron chi connectivity index (χ2n) is 8.57. The minimum absolute atomic E-state index is 0.0655. The van der Waals surface area contributed by atoms with E-state index >= 15 is 0 Å². The lowest BCUT2D eigenvalue weighted by molar-refractivity contribution is -0.195. The number of fused-ring (bicyclic) bond motifs is 4. The van der Waals surface area contributed by atoms with Gasteiger partial charge in [0.2, 0.25) is 0 Å². The van der Waals surface area contributed by atoms with Crippen molar-refractivity contribution in [2.24, 2.45) is 11.3 Å². The lowest BCUT2D eigenvalue weighted by Crippen LogP contribution is -2.60. The van der Waals surface area contributed by atoms with Crippen molar-refractivity contribution in [3.63, 3.8) is 0 Å². The Morgan fingerprint density at radius 1 is 1.26 bits per heavy atom. The topological polar surface area (TPSA) is 39.3 Å². The summed E-state index contributed by atoms with van der Waals surface area (Å²) >= 11 is 0. The normalized spacial score (nSPS) is 31.7. The Morgan fingerprint density at radius 2 is 2.00 bits per heavy atom. The molecule has 0 spiro atoms. The minimum Gasteiger partial charge on any atom is -0.387 e. The molecule has 1 aliphatic heterocycles. The SMILES string of the molecule is C[C@H]1N(CC2(C(F)(F)F)CC2)C=CC2Cc3[nH]c4ccccc4c3C[C@]21O. The number of aromatic nitrogens is 1. The summed E-state index contributed by atoms with van der Waals surface area (Å²) in [5, 5.41) is 12.7. The van der Waals surface area contributed by atoms with E-state index in [0.29, 0.717) is 12.8 Å². The third-order valence-corrected chi connectivity index (χ3v) is 7.10. The summed E-state index contributed by atoms with van der Waals surface area (Å²) in [4.78, 5) is 5.17. The fraction of sp³-hybridized carbons (Fsp3) is 0.524. The highest BCUT2D eigenvalue weighted by molar-refractivity contribution is 5.85. The van der Waals surface area contributed by atoms with E-state index in [1.807, 2.05) is 37.3 Å². The number of hydrogen-bond acceptors (Lipinski definition) is 2. The van der Waals surface area contributed by atoms with Crippen molar-refractivity contribution in [1.82, 2.24) is 9.88 Å². The molecule has 2 N–H and O–H groups in total. The average Bonchev–Trinajstić information content (AvgIpc) is 3.33. The summed E-state index contributed by atoms with van der Waals surface area (Å²) in [6.07, 6.45) is 1.00. The molecule has 6 heteroatoms. The summed E-state index contributed by atoms with van der Waals surface area (Å²) < 4.78 is 40.3. The van der Waals surface area contributed by atoms with E-state index in [4.69, 9.17) is 0 Å². The number of benzene rings is 1. The van der Waals surface area contributed by atoms with E-state index in [-0.39, 0.29) is 31.3 Å². The minimum atomic E-state index is -4.18. The van der Waals surface area contributed by atoms with Crippen LogP contribution >= 0.6 is 0 Å². The first-order chi connectivity index (χ1) is 12.7. The molecule has 1 aromatic heterocycles. The van der Waals surface area contributed by atoms with Gasteiger partial charge in [-0.2, -0.15) is 13.2 Å². The molecule has 3 aliphatic rings. The number of aromatic amines is 1. The maximum Gasteiger partial charge on any atom is 0.396 e. The lowest BCUT2D eigenvalue weighted by atomic mass is 9.68. The number of para-hydroxylation sites is 1. The van der Waals surface area contributed by atoms with Crippen molar-refractivity contribution in [2.75, 3.05) is 6.54 Å². The molecule has 27 heavy (non-hydrogen) atoms. The molecule has 0 saturated heterocycles. The summed E-state index contributed by atoms with van der Waals surface area (Å²) in [7, 11) is 0. The largest absolute Gasteiger partial charge is 0.396 e. The molecule has 144 valence electrons. The van der Waals surface area contributed by atoms with Gasteiger partial charge in [0.15, 0.2) is 0 Å². The van der Waals surface area contributed by atoms with Gasteiger partial charge in [0, 0.05) is 35.5 Å². The first-order valence-electron chi connectivity index (χ1n) is 9.55. The van der Waals surface area contributed by atoms with E-state index < -0.39 is 17.2 Å². The summed E-state index contributed by atoms with van der Waals surface area (Å²) in [5.74, 6) is -0.0923. The molecule has 2 heterocycles. The van der Waals surface area contributed by atoms with E-state index in [9.17, 15) is 18.3 Å². The third kappa shape index (κ3) is 2.38. The van der Waals surface area contributed by atoms with Crippen LogP contribution in [0.2, 0.25) is 0 Å². The van der Waals surface area contributed by atoms with Gasteiger partial charge in [0.05, 0.1) is 17.1 Å². The Bertz CT molecular complexity index is 927. The maximum atomic E-state index is 13.4. The quantitative estimate of drug-likeness (QED) is 0.826. The van der Waals surface area contributed by atoms with Gasteiger partial charge < -0.3 is 15.0 Å². The zero-order valence-corrected chi connectivity index (χ0v) is 15.2. The molecule has 1 unspecified atom stereocenters. The monoisotopic (exact) mass is 376 g/mol. The Balaban J connectivity index is 1.48. The Hall–Kier alpha value is -1.95. The molecule has 2 aliphatic carbocycles. The highest BCUT2D eigenvalue weighted by Crippen LogP contribution is 2.58. The molecular weight excluding hydrogens is 353 g/mol. The second kappa shape index (κ2) is 5.31. The van der Waals surface area contributed by atoms with Crippen LogP contribution in [0.3, 0.4) is 0 Å². The van der Waals surface area contributed by atoms with Crippen LogP contribution in [0.5, 0.6) is 0 Å². The van der Waals surface area contributed by atoms with Crippen molar-refractivity contribution in [1.29, 1.82) is 0 Å². The van der Waals surface area contributed by atoms with Gasteiger partial charge in [0.25, 0.3) is 0 Å². The van der Waals surface area contributed by atoms with Gasteiger partial charge in [-0.25, -0.2) is 0 Å². The highest BCUT2D eigenvalue weighted by atomic mass is 19.4. The second-order valence-corrected chi connectivity index (χ2v) is 8.57. The predicted molar refractivity (Wildman–Crippen MR) is 97.2 cm³/mol. The fourth-order valence-corrected chi connectivity index (χ4v) is 4.99. The molecule has 1 saturated carbocycles. The van der Waals surface area contributed by atoms with Crippen LogP contribution in [0, 0.1) is 11.3 Å². The van der Waals surface area contributed by atoms with Gasteiger partial charge >= 0.3 is 6.18 Å². The smallest absolute Gasteiger partial charge is 0.387 e. The number of hydrogen-bond donors (Lipinski definition) is 2. The van der Waals surface area contributed by atoms with Crippen LogP contribution in [0.1, 0.15) is 31.0 Å². The summed E-state index contributed by atoms with van der Waals surface area (Å²) in [5.41, 5.74) is 0.616. The summed E-state index contributed by atoms with van der Waals surface area (Å²) in [6, 6.07) is 7.64. The van der Waals surface area contributed by atoms with E-state index in [1.165, 1.54) is 0 Å². The molecule has 2 aromatic rings. The van der Waals surface area contributed by atoms with E-state index in [1.54, 1.807) is 11.1 Å². The first kappa shape index (κ1) is 17.2. The van der Waals surface area contributed by atoms with E-state index in [2.05, 4.69) is 4.98 Å². The number of rotatable bonds is 2. The lowest BCUT2D eigenvalue weighted by Gasteiger charge is -2.50. The molecule has 0 amide bonds. The Kier molecular flexibility index (Phi) is 3.38. The number of halogens is 3. The molecule has 3 nitrogen and oxygen atoms in total. The van der Waals surface area contributed by atoms with Crippen molar-refractivity contribution < 1.29 is 18.3 Å². The fourth-order valence-electron chi connectivity index (χ4n) is 4.99. The number of aliphatic hydroxyl groups is 1. The van der Waals surface area contributed by atoms with Gasteiger partial charge in [-0.3, -0.25) is 0 Å². The van der Waals surface area contributed by atoms with Crippen LogP contribution in [0.15, 0.2) is 36.5 Å². The summed E-state index contributed by atoms with van der Waals surface area (Å²) in [6.45, 7) is 1.80. The van der Waals surface area contributed by atoms with E-state index in [0.717, 1.165) is 22.2 Å². The predicted octanol–water partition coefficient (Wildman–Crippen LogP) is 4.17. The molecule has 1 fully saturated rings. The van der Waals surface area contributed by atoms with Crippen molar-refractivity contribution >= 4 is 10.9 Å². The highest BCUT2D eigenvalue weighted by Gasteiger charge is 2.64. The molecule has 1 aromatic carbocycles. The van der Waals surface area contributed by atoms with Gasteiger partial charge in [-0.05, 0) is 44.0 Å². The Morgan fingerprint density at radius 3 is 2.70 bits per heavy atom. The zero-order chi connectivity index (χ0) is 19.0. The zero-order valence-electron chi connectivity index (χ0n) is 15.2. The van der Waals surface area contributed by atoms with Crippen LogP contribution in [-0.2, 0) is 12.8 Å². The van der Waals surface area contributed by atoms with Crippen molar-refractivity contribution in [2.45, 2.75) is 50.4 Å². The van der Waals surface area contributed by atoms with Crippen LogP contribution in [0.4, 0.5) is 13.2 Å². The number of H-pyrrole nitrogens is 1. The molecule has 3 atom stereocenters. The third-order valence-electron chi connectivity index (χ3n) is 7.10. The number of nitrogens with zero attached hydrogens (tertiary/aromatic N) is 1. The maximum absolute atomic E-state index is 13.4. The van der Waals surface area contributed by atoms with Crippen LogP contribution < -0.4 is 0 Å². The molecule has 0 radical (unpaired) electrons.